The van der Waals surface area contributed by atoms with Gasteiger partial charge in [-0.2, -0.15) is 0 Å². The normalized spacial score (nSPS) is 17.5. The molecule has 1 aromatic heterocycles. The lowest BCUT2D eigenvalue weighted by Gasteiger charge is -2.31. The van der Waals surface area contributed by atoms with Crippen molar-refractivity contribution >= 4 is 43.2 Å². The van der Waals surface area contributed by atoms with Gasteiger partial charge in [0.2, 0.25) is 0 Å². The first-order chi connectivity index (χ1) is 11.7. The average Bonchev–Trinajstić information content (AvgIpc) is 2.82. The summed E-state index contributed by atoms with van der Waals surface area (Å²) in [6.07, 6.45) is 1.17. The van der Waals surface area contributed by atoms with Crippen LogP contribution in [-0.4, -0.2) is 37.7 Å². The Morgan fingerprint density at radius 3 is 2.83 bits per heavy atom. The predicted molar refractivity (Wildman–Crippen MR) is 108 cm³/mol. The van der Waals surface area contributed by atoms with E-state index in [1.54, 1.807) is 0 Å². The summed E-state index contributed by atoms with van der Waals surface area (Å²) in [6, 6.07) is 10.9. The van der Waals surface area contributed by atoms with Gasteiger partial charge < -0.3 is 10.1 Å². The highest BCUT2D eigenvalue weighted by Crippen LogP contribution is 2.40. The molecule has 24 heavy (non-hydrogen) atoms. The molecule has 1 unspecified atom stereocenters. The van der Waals surface area contributed by atoms with Gasteiger partial charge in [-0.3, -0.25) is 4.90 Å². The molecule has 1 aliphatic rings. The van der Waals surface area contributed by atoms with E-state index in [4.69, 9.17) is 4.74 Å². The number of halogens is 2. The molecule has 1 N–H and O–H groups in total. The molecule has 2 heterocycles. The molecule has 0 saturated carbocycles. The summed E-state index contributed by atoms with van der Waals surface area (Å²) in [6.45, 7) is 6.97. The van der Waals surface area contributed by atoms with Crippen LogP contribution in [-0.2, 0) is 0 Å². The van der Waals surface area contributed by atoms with Crippen LogP contribution >= 0.6 is 43.2 Å². The van der Waals surface area contributed by atoms with E-state index in [1.807, 2.05) is 18.3 Å². The molecule has 1 aromatic carbocycles. The lowest BCUT2D eigenvalue weighted by atomic mass is 10.0. The summed E-state index contributed by atoms with van der Waals surface area (Å²) in [7, 11) is 0. The van der Waals surface area contributed by atoms with Crippen molar-refractivity contribution in [3.63, 3.8) is 0 Å². The highest BCUT2D eigenvalue weighted by Gasteiger charge is 2.27. The molecule has 1 fully saturated rings. The quantitative estimate of drug-likeness (QED) is 0.656. The Bertz CT molecular complexity index is 669. The second-order valence-corrected chi connectivity index (χ2v) is 9.21. The first kappa shape index (κ1) is 18.4. The lowest BCUT2D eigenvalue weighted by Crippen LogP contribution is -2.32. The molecule has 3 rings (SSSR count). The van der Waals surface area contributed by atoms with Gasteiger partial charge in [-0.1, -0.05) is 15.9 Å². The molecule has 0 spiro atoms. The molecule has 2 aromatic rings. The van der Waals surface area contributed by atoms with Gasteiger partial charge >= 0.3 is 0 Å². The maximum Gasteiger partial charge on any atom is 0.124 e. The van der Waals surface area contributed by atoms with Gasteiger partial charge in [0, 0.05) is 34.5 Å². The van der Waals surface area contributed by atoms with E-state index < -0.39 is 0 Å². The molecule has 1 atom stereocenters. The van der Waals surface area contributed by atoms with Gasteiger partial charge in [-0.25, -0.2) is 0 Å². The molecule has 0 amide bonds. The minimum Gasteiger partial charge on any atom is -0.494 e. The third-order valence-corrected chi connectivity index (χ3v) is 6.34. The maximum absolute atomic E-state index is 5.95. The van der Waals surface area contributed by atoms with E-state index in [1.165, 1.54) is 20.6 Å². The molecular weight excluding hydrogens is 452 g/mol. The second kappa shape index (κ2) is 8.81. The van der Waals surface area contributed by atoms with E-state index in [-0.39, 0.29) is 6.04 Å². The van der Waals surface area contributed by atoms with Gasteiger partial charge in [0.05, 0.1) is 16.4 Å². The Morgan fingerprint density at radius 1 is 1.21 bits per heavy atom. The van der Waals surface area contributed by atoms with Crippen molar-refractivity contribution < 1.29 is 4.74 Å². The summed E-state index contributed by atoms with van der Waals surface area (Å²) < 4.78 is 8.22. The van der Waals surface area contributed by atoms with Crippen LogP contribution in [0.15, 0.2) is 38.6 Å². The Kier molecular flexibility index (Phi) is 6.75. The molecule has 0 bridgehead atoms. The predicted octanol–water partition coefficient (Wildman–Crippen LogP) is 5.06. The molecule has 0 aliphatic carbocycles. The third kappa shape index (κ3) is 4.41. The zero-order valence-corrected chi connectivity index (χ0v) is 17.7. The van der Waals surface area contributed by atoms with Crippen LogP contribution < -0.4 is 10.1 Å². The number of benzene rings is 1. The van der Waals surface area contributed by atoms with E-state index in [9.17, 15) is 0 Å². The molecule has 1 saturated heterocycles. The summed E-state index contributed by atoms with van der Waals surface area (Å²) in [5.41, 5.74) is 1.24. The number of hydrogen-bond acceptors (Lipinski definition) is 4. The maximum atomic E-state index is 5.95. The van der Waals surface area contributed by atoms with Crippen LogP contribution in [0.2, 0.25) is 0 Å². The van der Waals surface area contributed by atoms with Crippen LogP contribution in [0.25, 0.3) is 0 Å². The molecule has 1 aliphatic heterocycles. The smallest absolute Gasteiger partial charge is 0.124 e. The van der Waals surface area contributed by atoms with Gasteiger partial charge in [0.1, 0.15) is 5.75 Å². The number of nitrogens with zero attached hydrogens (tertiary/aromatic N) is 1. The minimum atomic E-state index is 0.222. The van der Waals surface area contributed by atoms with Crippen molar-refractivity contribution in [3.8, 4) is 5.75 Å². The lowest BCUT2D eigenvalue weighted by molar-refractivity contribution is 0.236. The fourth-order valence-electron chi connectivity index (χ4n) is 3.15. The first-order valence-electron chi connectivity index (χ1n) is 8.31. The minimum absolute atomic E-state index is 0.222. The van der Waals surface area contributed by atoms with Gasteiger partial charge in [-0.15, -0.1) is 11.3 Å². The van der Waals surface area contributed by atoms with Crippen molar-refractivity contribution in [1.82, 2.24) is 10.2 Å². The van der Waals surface area contributed by atoms with E-state index in [2.05, 4.69) is 72.4 Å². The molecular formula is C18H22Br2N2OS. The van der Waals surface area contributed by atoms with E-state index >= 15 is 0 Å². The molecule has 130 valence electrons. The standard InChI is InChI=1S/C18H22Br2N2OS/c1-2-23-15-5-4-13(19)12-14(15)18(16-6-7-17(20)24-16)22-10-3-8-21-9-11-22/h4-7,12,18,21H,2-3,8-11H2,1H3. The number of hydrogen-bond donors (Lipinski definition) is 1. The summed E-state index contributed by atoms with van der Waals surface area (Å²) in [4.78, 5) is 3.92. The molecule has 6 heteroatoms. The van der Waals surface area contributed by atoms with Crippen molar-refractivity contribution in [2.24, 2.45) is 0 Å². The number of rotatable bonds is 5. The highest BCUT2D eigenvalue weighted by atomic mass is 79.9. The van der Waals surface area contributed by atoms with Crippen molar-refractivity contribution in [2.75, 3.05) is 32.8 Å². The summed E-state index contributed by atoms with van der Waals surface area (Å²) in [5.74, 6) is 0.979. The zero-order valence-electron chi connectivity index (χ0n) is 13.7. The van der Waals surface area contributed by atoms with Gasteiger partial charge in [-0.05, 0) is 66.2 Å². The van der Waals surface area contributed by atoms with E-state index in [0.29, 0.717) is 6.61 Å². The Labute approximate surface area is 164 Å². The van der Waals surface area contributed by atoms with Crippen LogP contribution in [0.1, 0.15) is 29.8 Å². The fraction of sp³-hybridized carbons (Fsp3) is 0.444. The fourth-order valence-corrected chi connectivity index (χ4v) is 5.11. The van der Waals surface area contributed by atoms with E-state index in [0.717, 1.165) is 36.4 Å². The largest absolute Gasteiger partial charge is 0.494 e. The number of thiophene rings is 1. The topological polar surface area (TPSA) is 24.5 Å². The number of ether oxygens (including phenoxy) is 1. The molecule has 3 nitrogen and oxygen atoms in total. The first-order valence-corrected chi connectivity index (χ1v) is 10.7. The van der Waals surface area contributed by atoms with Crippen LogP contribution in [0.3, 0.4) is 0 Å². The number of nitrogens with one attached hydrogen (secondary N) is 1. The van der Waals surface area contributed by atoms with Gasteiger partial charge in [0.25, 0.3) is 0 Å². The van der Waals surface area contributed by atoms with Crippen molar-refractivity contribution in [1.29, 1.82) is 0 Å². The third-order valence-electron chi connectivity index (χ3n) is 4.17. The Balaban J connectivity index is 2.05. The average molecular weight is 474 g/mol. The SMILES string of the molecule is CCOc1ccc(Br)cc1C(c1ccc(Br)s1)N1CCCNCC1. The highest BCUT2D eigenvalue weighted by molar-refractivity contribution is 9.11. The van der Waals surface area contributed by atoms with Gasteiger partial charge in [0.15, 0.2) is 0 Å². The Morgan fingerprint density at radius 2 is 2.08 bits per heavy atom. The van der Waals surface area contributed by atoms with Crippen LogP contribution in [0, 0.1) is 0 Å². The molecule has 0 radical (unpaired) electrons. The summed E-state index contributed by atoms with van der Waals surface area (Å²) in [5, 5.41) is 3.50. The van der Waals surface area contributed by atoms with Crippen LogP contribution in [0.4, 0.5) is 0 Å². The monoisotopic (exact) mass is 472 g/mol. The zero-order chi connectivity index (χ0) is 16.9. The Hall–Kier alpha value is -0.400. The van der Waals surface area contributed by atoms with Crippen LogP contribution in [0.5, 0.6) is 5.75 Å². The summed E-state index contributed by atoms with van der Waals surface area (Å²) >= 11 is 9.07. The second-order valence-electron chi connectivity index (χ2n) is 5.80. The van der Waals surface area contributed by atoms with Crippen molar-refractivity contribution in [2.45, 2.75) is 19.4 Å². The van der Waals surface area contributed by atoms with Crippen molar-refractivity contribution in [3.05, 3.63) is 49.0 Å².